The first-order valence-corrected chi connectivity index (χ1v) is 9.81. The first-order valence-electron chi connectivity index (χ1n) is 9.81. The molecule has 2 aromatic rings. The van der Waals surface area contributed by atoms with E-state index in [4.69, 9.17) is 4.74 Å². The van der Waals surface area contributed by atoms with Crippen LogP contribution < -0.4 is 10.1 Å². The molecule has 5 heteroatoms. The third-order valence-electron chi connectivity index (χ3n) is 5.23. The molecule has 0 unspecified atom stereocenters. The number of nitrogens with zero attached hydrogens (tertiary/aromatic N) is 1. The molecule has 1 saturated heterocycles. The molecule has 1 N–H and O–H groups in total. The largest absolute Gasteiger partial charge is 0.496 e. The topological polar surface area (TPSA) is 58.6 Å². The first kappa shape index (κ1) is 19.9. The third kappa shape index (κ3) is 5.12. The summed E-state index contributed by atoms with van der Waals surface area (Å²) in [5.74, 6) is 1.11. The van der Waals surface area contributed by atoms with Crippen molar-refractivity contribution in [3.8, 4) is 5.75 Å². The second kappa shape index (κ2) is 9.40. The van der Waals surface area contributed by atoms with Crippen LogP contribution >= 0.6 is 0 Å². The summed E-state index contributed by atoms with van der Waals surface area (Å²) in [6.07, 6.45) is 2.71. The van der Waals surface area contributed by atoms with Crippen molar-refractivity contribution in [1.29, 1.82) is 0 Å². The molecule has 28 heavy (non-hydrogen) atoms. The number of aryl methyl sites for hydroxylation is 2. The maximum Gasteiger partial charge on any atom is 0.222 e. The normalized spacial score (nSPS) is 13.6. The summed E-state index contributed by atoms with van der Waals surface area (Å²) < 4.78 is 5.27. The molecule has 5 nitrogen and oxygen atoms in total. The number of likely N-dealkylation sites (tertiary alicyclic amines) is 1. The molecular formula is C23H28N2O3. The smallest absolute Gasteiger partial charge is 0.222 e. The molecule has 2 amide bonds. The molecule has 2 aromatic carbocycles. The van der Waals surface area contributed by atoms with Gasteiger partial charge < -0.3 is 15.0 Å². The van der Waals surface area contributed by atoms with E-state index in [0.717, 1.165) is 41.0 Å². The summed E-state index contributed by atoms with van der Waals surface area (Å²) in [5, 5.41) is 3.02. The van der Waals surface area contributed by atoms with E-state index >= 15 is 0 Å². The lowest BCUT2D eigenvalue weighted by Gasteiger charge is -2.18. The van der Waals surface area contributed by atoms with E-state index in [2.05, 4.69) is 11.4 Å². The summed E-state index contributed by atoms with van der Waals surface area (Å²) in [7, 11) is 1.66. The minimum Gasteiger partial charge on any atom is -0.496 e. The van der Waals surface area contributed by atoms with Crippen LogP contribution in [0.3, 0.4) is 0 Å². The maximum absolute atomic E-state index is 12.3. The van der Waals surface area contributed by atoms with E-state index in [1.165, 1.54) is 0 Å². The van der Waals surface area contributed by atoms with Gasteiger partial charge in [-0.2, -0.15) is 0 Å². The van der Waals surface area contributed by atoms with Crippen molar-refractivity contribution in [2.24, 2.45) is 0 Å². The number of hydrogen-bond donors (Lipinski definition) is 1. The molecule has 0 spiro atoms. The zero-order valence-corrected chi connectivity index (χ0v) is 16.7. The Balaban J connectivity index is 1.52. The fraction of sp³-hybridized carbons (Fsp3) is 0.391. The lowest BCUT2D eigenvalue weighted by molar-refractivity contribution is -0.128. The number of hydrogen-bond acceptors (Lipinski definition) is 3. The van der Waals surface area contributed by atoms with Gasteiger partial charge in [0.2, 0.25) is 11.8 Å². The molecule has 3 rings (SSSR count). The summed E-state index contributed by atoms with van der Waals surface area (Å²) >= 11 is 0. The van der Waals surface area contributed by atoms with Crippen molar-refractivity contribution in [3.63, 3.8) is 0 Å². The highest BCUT2D eigenvalue weighted by molar-refractivity contribution is 5.78. The second-order valence-electron chi connectivity index (χ2n) is 7.27. The van der Waals surface area contributed by atoms with Crippen LogP contribution in [0.25, 0.3) is 0 Å². The van der Waals surface area contributed by atoms with Crippen molar-refractivity contribution >= 4 is 11.8 Å². The van der Waals surface area contributed by atoms with Crippen molar-refractivity contribution in [2.75, 3.05) is 13.7 Å². The van der Waals surface area contributed by atoms with Gasteiger partial charge in [0, 0.05) is 32.5 Å². The highest BCUT2D eigenvalue weighted by atomic mass is 16.5. The van der Waals surface area contributed by atoms with E-state index in [-0.39, 0.29) is 11.8 Å². The van der Waals surface area contributed by atoms with Crippen molar-refractivity contribution in [2.45, 2.75) is 45.7 Å². The molecule has 0 aromatic heterocycles. The van der Waals surface area contributed by atoms with Gasteiger partial charge >= 0.3 is 0 Å². The number of ether oxygens (including phenoxy) is 1. The number of nitrogens with one attached hydrogen (secondary N) is 1. The van der Waals surface area contributed by atoms with Gasteiger partial charge in [-0.3, -0.25) is 9.59 Å². The lowest BCUT2D eigenvalue weighted by Crippen LogP contribution is -2.27. The van der Waals surface area contributed by atoms with Crippen molar-refractivity contribution < 1.29 is 14.3 Å². The molecular weight excluding hydrogens is 352 g/mol. The number of carbonyl (C=O) groups is 2. The number of amides is 2. The van der Waals surface area contributed by atoms with Gasteiger partial charge in [-0.15, -0.1) is 0 Å². The lowest BCUT2D eigenvalue weighted by atomic mass is 10.1. The van der Waals surface area contributed by atoms with Crippen LogP contribution in [0.1, 0.15) is 41.5 Å². The van der Waals surface area contributed by atoms with Gasteiger partial charge in [0.1, 0.15) is 5.75 Å². The fourth-order valence-electron chi connectivity index (χ4n) is 3.60. The Morgan fingerprint density at radius 1 is 1.18 bits per heavy atom. The Hall–Kier alpha value is -2.82. The Bertz CT molecular complexity index is 847. The quantitative estimate of drug-likeness (QED) is 0.764. The highest BCUT2D eigenvalue weighted by Gasteiger charge is 2.20. The van der Waals surface area contributed by atoms with E-state index in [9.17, 15) is 9.59 Å². The summed E-state index contributed by atoms with van der Waals surface area (Å²) in [4.78, 5) is 26.1. The summed E-state index contributed by atoms with van der Waals surface area (Å²) in [5.41, 5.74) is 4.37. The van der Waals surface area contributed by atoms with E-state index < -0.39 is 0 Å². The number of rotatable bonds is 8. The standard InChI is InChI=1S/C23H28N2O3/c1-17-14-18(9-11-21(17)28-2)10-12-22(26)24-15-19-6-3-4-7-20(19)16-25-13-5-8-23(25)27/h3-4,6-7,9,11,14H,5,8,10,12-13,15-16H2,1-2H3,(H,24,26). The van der Waals surface area contributed by atoms with Gasteiger partial charge in [0.15, 0.2) is 0 Å². The van der Waals surface area contributed by atoms with Gasteiger partial charge in [0.05, 0.1) is 7.11 Å². The molecule has 0 aliphatic carbocycles. The number of benzene rings is 2. The molecule has 1 aliphatic rings. The monoisotopic (exact) mass is 380 g/mol. The van der Waals surface area contributed by atoms with Crippen LogP contribution in [0.5, 0.6) is 5.75 Å². The van der Waals surface area contributed by atoms with Crippen molar-refractivity contribution in [3.05, 3.63) is 64.7 Å². The predicted octanol–water partition coefficient (Wildman–Crippen LogP) is 3.38. The molecule has 1 aliphatic heterocycles. The number of methoxy groups -OCH3 is 1. The van der Waals surface area contributed by atoms with Crippen LogP contribution in [-0.2, 0) is 29.1 Å². The minimum atomic E-state index is 0.0283. The Morgan fingerprint density at radius 2 is 1.96 bits per heavy atom. The molecule has 0 atom stereocenters. The van der Waals surface area contributed by atoms with Crippen LogP contribution in [0.15, 0.2) is 42.5 Å². The maximum atomic E-state index is 12.3. The van der Waals surface area contributed by atoms with Gasteiger partial charge in [-0.1, -0.05) is 36.4 Å². The Labute approximate surface area is 166 Å². The Kier molecular flexibility index (Phi) is 6.69. The predicted molar refractivity (Wildman–Crippen MR) is 109 cm³/mol. The van der Waals surface area contributed by atoms with Gasteiger partial charge in [-0.25, -0.2) is 0 Å². The van der Waals surface area contributed by atoms with Crippen LogP contribution in [0.2, 0.25) is 0 Å². The summed E-state index contributed by atoms with van der Waals surface area (Å²) in [6.45, 7) is 3.93. The summed E-state index contributed by atoms with van der Waals surface area (Å²) in [6, 6.07) is 14.0. The van der Waals surface area contributed by atoms with Gasteiger partial charge in [-0.05, 0) is 48.1 Å². The second-order valence-corrected chi connectivity index (χ2v) is 7.27. The fourth-order valence-corrected chi connectivity index (χ4v) is 3.60. The van der Waals surface area contributed by atoms with Crippen molar-refractivity contribution in [1.82, 2.24) is 10.2 Å². The molecule has 0 radical (unpaired) electrons. The van der Waals surface area contributed by atoms with E-state index in [0.29, 0.717) is 32.4 Å². The molecule has 0 bridgehead atoms. The minimum absolute atomic E-state index is 0.0283. The molecule has 1 heterocycles. The SMILES string of the molecule is COc1ccc(CCC(=O)NCc2ccccc2CN2CCCC2=O)cc1C. The third-order valence-corrected chi connectivity index (χ3v) is 5.23. The molecule has 148 valence electrons. The van der Waals surface area contributed by atoms with E-state index in [1.54, 1.807) is 7.11 Å². The molecule has 0 saturated carbocycles. The highest BCUT2D eigenvalue weighted by Crippen LogP contribution is 2.20. The van der Waals surface area contributed by atoms with E-state index in [1.807, 2.05) is 48.2 Å². The zero-order valence-electron chi connectivity index (χ0n) is 16.7. The zero-order chi connectivity index (χ0) is 19.9. The molecule has 1 fully saturated rings. The number of carbonyl (C=O) groups excluding carboxylic acids is 2. The van der Waals surface area contributed by atoms with Crippen LogP contribution in [-0.4, -0.2) is 30.4 Å². The first-order chi connectivity index (χ1) is 13.6. The average Bonchev–Trinajstić information content (AvgIpc) is 3.10. The van der Waals surface area contributed by atoms with Gasteiger partial charge in [0.25, 0.3) is 0 Å². The van der Waals surface area contributed by atoms with Crippen LogP contribution in [0, 0.1) is 6.92 Å². The van der Waals surface area contributed by atoms with Crippen LogP contribution in [0.4, 0.5) is 0 Å². The Morgan fingerprint density at radius 3 is 2.64 bits per heavy atom. The average molecular weight is 380 g/mol.